The van der Waals surface area contributed by atoms with Crippen LogP contribution >= 0.6 is 15.9 Å². The lowest BCUT2D eigenvalue weighted by molar-refractivity contribution is -0.120. The zero-order valence-electron chi connectivity index (χ0n) is 14.4. The van der Waals surface area contributed by atoms with E-state index in [1.165, 1.54) is 5.69 Å². The van der Waals surface area contributed by atoms with Crippen LogP contribution in [0.2, 0.25) is 0 Å². The quantitative estimate of drug-likeness (QED) is 0.671. The Kier molecular flexibility index (Phi) is 4.89. The van der Waals surface area contributed by atoms with Crippen molar-refractivity contribution in [3.63, 3.8) is 0 Å². The molecule has 2 heterocycles. The number of carbonyl (C=O) groups is 1. The number of amides is 1. The molecule has 0 bridgehead atoms. The Hall–Kier alpha value is -2.40. The number of rotatable bonds is 3. The molecule has 0 spiro atoms. The standard InChI is InChI=1S/C21H20BrN3O/c22-18-6-2-4-8-20(18)25-11-9-15(10-12-25)21(26)24-17-13-16-5-1-3-7-19(16)23-14-17/h1-8,13-15H,9-12H2,(H,24,26). The number of carbonyl (C=O) groups excluding carboxylic acids is 1. The second-order valence-electron chi connectivity index (χ2n) is 6.62. The van der Waals surface area contributed by atoms with Crippen LogP contribution in [0.1, 0.15) is 12.8 Å². The summed E-state index contributed by atoms with van der Waals surface area (Å²) in [5.41, 5.74) is 2.90. The highest BCUT2D eigenvalue weighted by molar-refractivity contribution is 9.10. The van der Waals surface area contributed by atoms with Crippen molar-refractivity contribution in [2.24, 2.45) is 5.92 Å². The molecule has 1 fully saturated rings. The first-order chi connectivity index (χ1) is 12.7. The molecule has 4 rings (SSSR count). The van der Waals surface area contributed by atoms with E-state index < -0.39 is 0 Å². The number of hydrogen-bond donors (Lipinski definition) is 1. The predicted octanol–water partition coefficient (Wildman–Crippen LogP) is 4.85. The second-order valence-corrected chi connectivity index (χ2v) is 7.47. The largest absolute Gasteiger partial charge is 0.371 e. The molecule has 0 unspecified atom stereocenters. The Balaban J connectivity index is 1.39. The molecule has 1 aliphatic heterocycles. The smallest absolute Gasteiger partial charge is 0.227 e. The Morgan fingerprint density at radius 3 is 2.62 bits per heavy atom. The van der Waals surface area contributed by atoms with E-state index in [0.717, 1.165) is 47.0 Å². The van der Waals surface area contributed by atoms with Crippen molar-refractivity contribution in [2.45, 2.75) is 12.8 Å². The van der Waals surface area contributed by atoms with Gasteiger partial charge in [0, 0.05) is 28.9 Å². The van der Waals surface area contributed by atoms with Crippen molar-refractivity contribution in [1.82, 2.24) is 4.98 Å². The van der Waals surface area contributed by atoms with Crippen molar-refractivity contribution in [1.29, 1.82) is 0 Å². The molecule has 5 heteroatoms. The third kappa shape index (κ3) is 3.58. The van der Waals surface area contributed by atoms with Gasteiger partial charge in [-0.05, 0) is 53.0 Å². The summed E-state index contributed by atoms with van der Waals surface area (Å²) < 4.78 is 1.10. The van der Waals surface area contributed by atoms with Crippen molar-refractivity contribution in [3.05, 3.63) is 65.3 Å². The molecule has 0 atom stereocenters. The van der Waals surface area contributed by atoms with Crippen molar-refractivity contribution >= 4 is 44.1 Å². The number of nitrogens with one attached hydrogen (secondary N) is 1. The van der Waals surface area contributed by atoms with E-state index >= 15 is 0 Å². The number of benzene rings is 2. The van der Waals surface area contributed by atoms with Crippen LogP contribution in [0, 0.1) is 5.92 Å². The predicted molar refractivity (Wildman–Crippen MR) is 109 cm³/mol. The number of para-hydroxylation sites is 2. The Bertz CT molecular complexity index is 935. The third-order valence-corrected chi connectivity index (χ3v) is 5.59. The number of hydrogen-bond acceptors (Lipinski definition) is 3. The van der Waals surface area contributed by atoms with Gasteiger partial charge in [0.05, 0.1) is 23.1 Å². The first-order valence-electron chi connectivity index (χ1n) is 8.86. The summed E-state index contributed by atoms with van der Waals surface area (Å²) in [5, 5.41) is 4.08. The number of halogens is 1. The topological polar surface area (TPSA) is 45.2 Å². The maximum absolute atomic E-state index is 12.6. The Labute approximate surface area is 161 Å². The van der Waals surface area contributed by atoms with Gasteiger partial charge in [-0.1, -0.05) is 30.3 Å². The van der Waals surface area contributed by atoms with Gasteiger partial charge in [-0.3, -0.25) is 9.78 Å². The number of piperidine rings is 1. The van der Waals surface area contributed by atoms with Crippen LogP contribution in [0.4, 0.5) is 11.4 Å². The molecule has 0 saturated carbocycles. The molecule has 26 heavy (non-hydrogen) atoms. The highest BCUT2D eigenvalue weighted by atomic mass is 79.9. The van der Waals surface area contributed by atoms with E-state index in [0.29, 0.717) is 0 Å². The lowest BCUT2D eigenvalue weighted by Gasteiger charge is -2.33. The normalized spacial score (nSPS) is 15.2. The Morgan fingerprint density at radius 2 is 1.81 bits per heavy atom. The highest BCUT2D eigenvalue weighted by Gasteiger charge is 2.26. The Morgan fingerprint density at radius 1 is 1.08 bits per heavy atom. The minimum absolute atomic E-state index is 0.0419. The molecule has 132 valence electrons. The lowest BCUT2D eigenvalue weighted by atomic mass is 9.95. The number of fused-ring (bicyclic) bond motifs is 1. The van der Waals surface area contributed by atoms with Gasteiger partial charge < -0.3 is 10.2 Å². The summed E-state index contributed by atoms with van der Waals surface area (Å²) >= 11 is 3.61. The molecule has 1 amide bonds. The fourth-order valence-electron chi connectivity index (χ4n) is 3.47. The highest BCUT2D eigenvalue weighted by Crippen LogP contribution is 2.30. The van der Waals surface area contributed by atoms with Crippen molar-refractivity contribution in [2.75, 3.05) is 23.3 Å². The monoisotopic (exact) mass is 409 g/mol. The second kappa shape index (κ2) is 7.46. The van der Waals surface area contributed by atoms with E-state index in [2.05, 4.69) is 43.3 Å². The first-order valence-corrected chi connectivity index (χ1v) is 9.65. The van der Waals surface area contributed by atoms with E-state index in [-0.39, 0.29) is 11.8 Å². The van der Waals surface area contributed by atoms with Crippen LogP contribution in [-0.2, 0) is 4.79 Å². The van der Waals surface area contributed by atoms with Crippen LogP contribution < -0.4 is 10.2 Å². The maximum atomic E-state index is 12.6. The van der Waals surface area contributed by atoms with Gasteiger partial charge in [0.2, 0.25) is 5.91 Å². The molecule has 3 aromatic rings. The van der Waals surface area contributed by atoms with Crippen LogP contribution in [0.3, 0.4) is 0 Å². The molecule has 1 N–H and O–H groups in total. The zero-order chi connectivity index (χ0) is 17.9. The molecular weight excluding hydrogens is 390 g/mol. The fraction of sp³-hybridized carbons (Fsp3) is 0.238. The zero-order valence-corrected chi connectivity index (χ0v) is 15.9. The van der Waals surface area contributed by atoms with Gasteiger partial charge in [0.15, 0.2) is 0 Å². The van der Waals surface area contributed by atoms with E-state index in [9.17, 15) is 4.79 Å². The SMILES string of the molecule is O=C(Nc1cnc2ccccc2c1)C1CCN(c2ccccc2Br)CC1. The van der Waals surface area contributed by atoms with Gasteiger partial charge in [0.1, 0.15) is 0 Å². The number of anilines is 2. The molecule has 1 saturated heterocycles. The van der Waals surface area contributed by atoms with Gasteiger partial charge in [-0.2, -0.15) is 0 Å². The van der Waals surface area contributed by atoms with Crippen LogP contribution in [0.15, 0.2) is 65.3 Å². The molecule has 2 aromatic carbocycles. The summed E-state index contributed by atoms with van der Waals surface area (Å²) in [6.45, 7) is 1.77. The van der Waals surface area contributed by atoms with Gasteiger partial charge in [-0.25, -0.2) is 0 Å². The van der Waals surface area contributed by atoms with E-state index in [4.69, 9.17) is 0 Å². The summed E-state index contributed by atoms with van der Waals surface area (Å²) in [6, 6.07) is 18.1. The van der Waals surface area contributed by atoms with Crippen LogP contribution in [0.5, 0.6) is 0 Å². The van der Waals surface area contributed by atoms with Gasteiger partial charge in [0.25, 0.3) is 0 Å². The maximum Gasteiger partial charge on any atom is 0.227 e. The first kappa shape index (κ1) is 17.0. The number of aromatic nitrogens is 1. The molecule has 0 radical (unpaired) electrons. The molecule has 1 aliphatic rings. The molecular formula is C21H20BrN3O. The average molecular weight is 410 g/mol. The number of pyridine rings is 1. The molecule has 1 aromatic heterocycles. The summed E-state index contributed by atoms with van der Waals surface area (Å²) in [5.74, 6) is 0.133. The summed E-state index contributed by atoms with van der Waals surface area (Å²) in [6.07, 6.45) is 3.44. The van der Waals surface area contributed by atoms with Gasteiger partial charge >= 0.3 is 0 Å². The summed E-state index contributed by atoms with van der Waals surface area (Å²) in [4.78, 5) is 19.4. The van der Waals surface area contributed by atoms with Crippen molar-refractivity contribution < 1.29 is 4.79 Å². The molecule has 4 nitrogen and oxygen atoms in total. The minimum Gasteiger partial charge on any atom is -0.371 e. The summed E-state index contributed by atoms with van der Waals surface area (Å²) in [7, 11) is 0. The van der Waals surface area contributed by atoms with Crippen LogP contribution in [0.25, 0.3) is 10.9 Å². The number of nitrogens with zero attached hydrogens (tertiary/aromatic N) is 2. The molecule has 0 aliphatic carbocycles. The lowest BCUT2D eigenvalue weighted by Crippen LogP contribution is -2.38. The minimum atomic E-state index is 0.0419. The fourth-order valence-corrected chi connectivity index (χ4v) is 4.01. The van der Waals surface area contributed by atoms with Crippen LogP contribution in [-0.4, -0.2) is 24.0 Å². The van der Waals surface area contributed by atoms with E-state index in [1.54, 1.807) is 6.20 Å². The third-order valence-electron chi connectivity index (χ3n) is 4.92. The van der Waals surface area contributed by atoms with Crippen molar-refractivity contribution in [3.8, 4) is 0 Å². The van der Waals surface area contributed by atoms with E-state index in [1.807, 2.05) is 42.5 Å². The van der Waals surface area contributed by atoms with Gasteiger partial charge in [-0.15, -0.1) is 0 Å². The average Bonchev–Trinajstić information content (AvgIpc) is 2.68.